The van der Waals surface area contributed by atoms with E-state index in [-0.39, 0.29) is 6.61 Å². The second kappa shape index (κ2) is 6.42. The lowest BCUT2D eigenvalue weighted by molar-refractivity contribution is -0.271. The normalized spacial score (nSPS) is 8.75. The molecule has 0 radical (unpaired) electrons. The first-order valence-corrected chi connectivity index (χ1v) is 3.40. The predicted octanol–water partition coefficient (Wildman–Crippen LogP) is 1.20. The van der Waals surface area contributed by atoms with Crippen molar-refractivity contribution in [3.63, 3.8) is 0 Å². The van der Waals surface area contributed by atoms with Crippen LogP contribution in [0.3, 0.4) is 0 Å². The molecule has 0 heterocycles. The van der Waals surface area contributed by atoms with E-state index < -0.39 is 5.97 Å². The molecule has 12 heavy (non-hydrogen) atoms. The summed E-state index contributed by atoms with van der Waals surface area (Å²) in [5.41, 5.74) is 0.291. The van der Waals surface area contributed by atoms with E-state index in [1.165, 1.54) is 13.2 Å². The van der Waals surface area contributed by atoms with E-state index in [0.717, 1.165) is 0 Å². The molecule has 4 nitrogen and oxygen atoms in total. The van der Waals surface area contributed by atoms with Crippen LogP contribution in [0.15, 0.2) is 25.0 Å². The summed E-state index contributed by atoms with van der Waals surface area (Å²) in [4.78, 5) is 19.4. The number of carbonyl (C=O) groups excluding carboxylic acids is 1. The van der Waals surface area contributed by atoms with Gasteiger partial charge in [0.05, 0.1) is 6.26 Å². The van der Waals surface area contributed by atoms with E-state index >= 15 is 0 Å². The fourth-order valence-corrected chi connectivity index (χ4v) is 0.332. The SMILES string of the molecule is C=COCCOOC(=O)C(=C)C. The molecule has 0 aromatic carbocycles. The van der Waals surface area contributed by atoms with E-state index in [4.69, 9.17) is 4.74 Å². The van der Waals surface area contributed by atoms with Crippen molar-refractivity contribution in [1.82, 2.24) is 0 Å². The summed E-state index contributed by atoms with van der Waals surface area (Å²) in [7, 11) is 0. The Morgan fingerprint density at radius 3 is 2.67 bits per heavy atom. The number of ether oxygens (including phenoxy) is 1. The highest BCUT2D eigenvalue weighted by Crippen LogP contribution is 1.92. The van der Waals surface area contributed by atoms with Crippen molar-refractivity contribution >= 4 is 5.97 Å². The molecule has 0 aromatic rings. The smallest absolute Gasteiger partial charge is 0.368 e. The molecule has 0 aliphatic carbocycles. The van der Waals surface area contributed by atoms with Gasteiger partial charge >= 0.3 is 5.97 Å². The predicted molar refractivity (Wildman–Crippen MR) is 43.0 cm³/mol. The molecule has 0 aromatic heterocycles. The maximum Gasteiger partial charge on any atom is 0.368 e. The van der Waals surface area contributed by atoms with Gasteiger partial charge in [0.15, 0.2) is 0 Å². The molecule has 0 N–H and O–H groups in total. The van der Waals surface area contributed by atoms with Gasteiger partial charge in [-0.3, -0.25) is 4.89 Å². The molecule has 0 saturated heterocycles. The van der Waals surface area contributed by atoms with Crippen LogP contribution in [0.1, 0.15) is 6.92 Å². The van der Waals surface area contributed by atoms with Crippen LogP contribution in [0.2, 0.25) is 0 Å². The Hall–Kier alpha value is -1.29. The summed E-state index contributed by atoms with van der Waals surface area (Å²) in [6.07, 6.45) is 1.28. The molecule has 0 spiro atoms. The third-order valence-electron chi connectivity index (χ3n) is 0.885. The summed E-state index contributed by atoms with van der Waals surface area (Å²) in [5.74, 6) is -0.575. The number of rotatable bonds is 6. The Labute approximate surface area is 71.3 Å². The molecule has 4 heteroatoms. The molecule has 0 unspecified atom stereocenters. The highest BCUT2D eigenvalue weighted by molar-refractivity contribution is 5.86. The van der Waals surface area contributed by atoms with Crippen LogP contribution in [0.4, 0.5) is 0 Å². The van der Waals surface area contributed by atoms with Gasteiger partial charge in [-0.15, -0.1) is 0 Å². The topological polar surface area (TPSA) is 44.8 Å². The molecule has 0 amide bonds. The molecule has 0 bridgehead atoms. The van der Waals surface area contributed by atoms with Gasteiger partial charge in [-0.1, -0.05) is 13.2 Å². The van der Waals surface area contributed by atoms with E-state index in [9.17, 15) is 4.79 Å². The van der Waals surface area contributed by atoms with Crippen molar-refractivity contribution in [1.29, 1.82) is 0 Å². The number of hydrogen-bond donors (Lipinski definition) is 0. The van der Waals surface area contributed by atoms with Gasteiger partial charge in [-0.05, 0) is 6.92 Å². The molecular formula is C8H12O4. The maximum absolute atomic E-state index is 10.7. The van der Waals surface area contributed by atoms with E-state index in [2.05, 4.69) is 22.9 Å². The van der Waals surface area contributed by atoms with Gasteiger partial charge in [-0.25, -0.2) is 4.79 Å². The van der Waals surface area contributed by atoms with Crippen molar-refractivity contribution < 1.29 is 19.3 Å². The van der Waals surface area contributed by atoms with E-state index in [1.54, 1.807) is 0 Å². The van der Waals surface area contributed by atoms with Crippen LogP contribution in [0, 0.1) is 0 Å². The summed E-state index contributed by atoms with van der Waals surface area (Å²) < 4.78 is 4.70. The van der Waals surface area contributed by atoms with Gasteiger partial charge in [0.2, 0.25) is 0 Å². The fourth-order valence-electron chi connectivity index (χ4n) is 0.332. The Kier molecular flexibility index (Phi) is 5.73. The minimum atomic E-state index is -0.575. The minimum absolute atomic E-state index is 0.172. The third kappa shape index (κ3) is 5.49. The molecular weight excluding hydrogens is 160 g/mol. The average Bonchev–Trinajstić information content (AvgIpc) is 2.03. The standard InChI is InChI=1S/C8H12O4/c1-4-10-5-6-11-12-8(9)7(2)3/h4H,1-2,5-6H2,3H3. The number of hydrogen-bond acceptors (Lipinski definition) is 4. The summed E-state index contributed by atoms with van der Waals surface area (Å²) >= 11 is 0. The average molecular weight is 172 g/mol. The largest absolute Gasteiger partial charge is 0.499 e. The molecule has 0 atom stereocenters. The lowest BCUT2D eigenvalue weighted by Gasteiger charge is -2.02. The maximum atomic E-state index is 10.7. The Balaban J connectivity index is 3.25. The molecule has 0 aliphatic heterocycles. The quantitative estimate of drug-likeness (QED) is 0.198. The van der Waals surface area contributed by atoms with Crippen molar-refractivity contribution in [3.05, 3.63) is 25.0 Å². The number of carbonyl (C=O) groups is 1. The second-order valence-corrected chi connectivity index (χ2v) is 2.01. The summed E-state index contributed by atoms with van der Waals surface area (Å²) in [6, 6.07) is 0. The van der Waals surface area contributed by atoms with E-state index in [1.807, 2.05) is 0 Å². The van der Waals surface area contributed by atoms with Crippen molar-refractivity contribution in [3.8, 4) is 0 Å². The van der Waals surface area contributed by atoms with Crippen LogP contribution < -0.4 is 0 Å². The summed E-state index contributed by atoms with van der Waals surface area (Å²) in [6.45, 7) is 8.69. The van der Waals surface area contributed by atoms with Crippen LogP contribution in [0.25, 0.3) is 0 Å². The van der Waals surface area contributed by atoms with Crippen molar-refractivity contribution in [2.75, 3.05) is 13.2 Å². The Bertz CT molecular complexity index is 174. The molecule has 0 saturated carbocycles. The van der Waals surface area contributed by atoms with Gasteiger partial charge in [0, 0.05) is 5.57 Å². The zero-order valence-corrected chi connectivity index (χ0v) is 7.04. The van der Waals surface area contributed by atoms with Crippen LogP contribution in [-0.4, -0.2) is 19.2 Å². The van der Waals surface area contributed by atoms with Crippen LogP contribution in [-0.2, 0) is 19.3 Å². The first-order chi connectivity index (χ1) is 5.68. The molecule has 0 fully saturated rings. The zero-order valence-electron chi connectivity index (χ0n) is 7.04. The van der Waals surface area contributed by atoms with Gasteiger partial charge < -0.3 is 4.74 Å². The monoisotopic (exact) mass is 172 g/mol. The van der Waals surface area contributed by atoms with Gasteiger partial charge in [-0.2, -0.15) is 4.89 Å². The fraction of sp³-hybridized carbons (Fsp3) is 0.375. The zero-order chi connectivity index (χ0) is 9.40. The molecule has 0 rings (SSSR count). The first-order valence-electron chi connectivity index (χ1n) is 3.40. The summed E-state index contributed by atoms with van der Waals surface area (Å²) in [5, 5.41) is 0. The highest BCUT2D eigenvalue weighted by atomic mass is 17.2. The van der Waals surface area contributed by atoms with Crippen LogP contribution >= 0.6 is 0 Å². The first kappa shape index (κ1) is 10.7. The van der Waals surface area contributed by atoms with Crippen molar-refractivity contribution in [2.24, 2.45) is 0 Å². The molecule has 0 aliphatic rings. The Morgan fingerprint density at radius 2 is 2.17 bits per heavy atom. The van der Waals surface area contributed by atoms with Crippen LogP contribution in [0.5, 0.6) is 0 Å². The molecule has 68 valence electrons. The van der Waals surface area contributed by atoms with Gasteiger partial charge in [0.1, 0.15) is 13.2 Å². The third-order valence-corrected chi connectivity index (χ3v) is 0.885. The van der Waals surface area contributed by atoms with E-state index in [0.29, 0.717) is 12.2 Å². The lowest BCUT2D eigenvalue weighted by Crippen LogP contribution is -2.09. The minimum Gasteiger partial charge on any atom is -0.499 e. The Morgan fingerprint density at radius 1 is 1.50 bits per heavy atom. The van der Waals surface area contributed by atoms with Crippen molar-refractivity contribution in [2.45, 2.75) is 6.92 Å². The van der Waals surface area contributed by atoms with Gasteiger partial charge in [0.25, 0.3) is 0 Å². The lowest BCUT2D eigenvalue weighted by atomic mass is 10.4. The highest BCUT2D eigenvalue weighted by Gasteiger charge is 2.02. The second-order valence-electron chi connectivity index (χ2n) is 2.01.